The van der Waals surface area contributed by atoms with E-state index in [-0.39, 0.29) is 5.84 Å². The summed E-state index contributed by atoms with van der Waals surface area (Å²) in [6, 6.07) is 7.20. The minimum atomic E-state index is 0.0323. The minimum absolute atomic E-state index is 0.0323. The predicted molar refractivity (Wildman–Crippen MR) is 65.8 cm³/mol. The van der Waals surface area contributed by atoms with E-state index in [4.69, 9.17) is 22.5 Å². The molecular weight excluding hydrogens is 240 g/mol. The van der Waals surface area contributed by atoms with Crippen LogP contribution in [0.5, 0.6) is 0 Å². The third-order valence-electron chi connectivity index (χ3n) is 2.37. The first kappa shape index (κ1) is 11.5. The maximum Gasteiger partial charge on any atom is 0.172 e. The number of rotatable bonds is 2. The Hall–Kier alpha value is -2.01. The maximum atomic E-state index is 8.73. The molecule has 1 heterocycles. The van der Waals surface area contributed by atoms with Crippen molar-refractivity contribution < 1.29 is 5.21 Å². The van der Waals surface area contributed by atoms with Crippen molar-refractivity contribution >= 4 is 17.4 Å². The van der Waals surface area contributed by atoms with E-state index in [1.165, 1.54) is 0 Å². The second kappa shape index (κ2) is 4.47. The van der Waals surface area contributed by atoms with Gasteiger partial charge in [-0.25, -0.2) is 4.68 Å². The molecule has 1 aromatic carbocycles. The van der Waals surface area contributed by atoms with Crippen LogP contribution < -0.4 is 5.73 Å². The molecule has 0 unspecified atom stereocenters. The van der Waals surface area contributed by atoms with Crippen molar-refractivity contribution in [3.63, 3.8) is 0 Å². The van der Waals surface area contributed by atoms with Crippen LogP contribution in [0.25, 0.3) is 5.69 Å². The van der Waals surface area contributed by atoms with Crippen molar-refractivity contribution in [2.24, 2.45) is 10.9 Å². The maximum absolute atomic E-state index is 8.73. The van der Waals surface area contributed by atoms with Crippen LogP contribution in [-0.2, 0) is 0 Å². The summed E-state index contributed by atoms with van der Waals surface area (Å²) in [4.78, 5) is 0. The van der Waals surface area contributed by atoms with Gasteiger partial charge in [-0.1, -0.05) is 28.9 Å². The lowest BCUT2D eigenvalue weighted by atomic mass is 10.1. The molecule has 0 aliphatic carbocycles. The van der Waals surface area contributed by atoms with Crippen molar-refractivity contribution in [1.82, 2.24) is 9.78 Å². The largest absolute Gasteiger partial charge is 0.409 e. The number of hydrogen-bond donors (Lipinski definition) is 2. The molecule has 0 aliphatic heterocycles. The fraction of sp³-hybridized carbons (Fsp3) is 0.0909. The third kappa shape index (κ3) is 2.09. The topological polar surface area (TPSA) is 76.4 Å². The normalized spacial score (nSPS) is 11.8. The van der Waals surface area contributed by atoms with Gasteiger partial charge in [-0.3, -0.25) is 0 Å². The van der Waals surface area contributed by atoms with E-state index in [0.717, 1.165) is 5.69 Å². The van der Waals surface area contributed by atoms with Crippen LogP contribution >= 0.6 is 11.6 Å². The Morgan fingerprint density at radius 3 is 2.76 bits per heavy atom. The fourth-order valence-corrected chi connectivity index (χ4v) is 1.64. The van der Waals surface area contributed by atoms with Gasteiger partial charge in [0.05, 0.1) is 16.4 Å². The quantitative estimate of drug-likeness (QED) is 0.370. The van der Waals surface area contributed by atoms with Crippen molar-refractivity contribution in [3.8, 4) is 5.69 Å². The smallest absolute Gasteiger partial charge is 0.172 e. The number of aryl methyl sites for hydroxylation is 1. The van der Waals surface area contributed by atoms with Gasteiger partial charge in [0.1, 0.15) is 0 Å². The number of aromatic nitrogens is 2. The van der Waals surface area contributed by atoms with E-state index in [1.54, 1.807) is 23.0 Å². The molecule has 0 bridgehead atoms. The first-order valence-electron chi connectivity index (χ1n) is 4.92. The molecular formula is C11H11ClN4O. The average molecular weight is 251 g/mol. The molecule has 5 nitrogen and oxygen atoms in total. The third-order valence-corrected chi connectivity index (χ3v) is 2.74. The highest BCUT2D eigenvalue weighted by molar-refractivity contribution is 6.31. The molecule has 88 valence electrons. The molecule has 0 spiro atoms. The van der Waals surface area contributed by atoms with Crippen LogP contribution in [0.15, 0.2) is 35.6 Å². The van der Waals surface area contributed by atoms with Gasteiger partial charge in [0.15, 0.2) is 5.84 Å². The van der Waals surface area contributed by atoms with Gasteiger partial charge in [-0.05, 0) is 19.1 Å². The van der Waals surface area contributed by atoms with Gasteiger partial charge in [-0.2, -0.15) is 5.10 Å². The summed E-state index contributed by atoms with van der Waals surface area (Å²) < 4.78 is 1.60. The fourth-order valence-electron chi connectivity index (χ4n) is 1.51. The number of para-hydroxylation sites is 1. The summed E-state index contributed by atoms with van der Waals surface area (Å²) in [5, 5.41) is 16.5. The van der Waals surface area contributed by atoms with Gasteiger partial charge in [0, 0.05) is 11.8 Å². The molecule has 0 aliphatic rings. The Kier molecular flexibility index (Phi) is 3.01. The number of hydrogen-bond acceptors (Lipinski definition) is 3. The van der Waals surface area contributed by atoms with E-state index in [9.17, 15) is 0 Å². The number of oxime groups is 1. The van der Waals surface area contributed by atoms with Gasteiger partial charge >= 0.3 is 0 Å². The van der Waals surface area contributed by atoms with Crippen molar-refractivity contribution in [2.75, 3.05) is 0 Å². The van der Waals surface area contributed by atoms with E-state index < -0.39 is 0 Å². The lowest BCUT2D eigenvalue weighted by molar-refractivity contribution is 0.318. The summed E-state index contributed by atoms with van der Waals surface area (Å²) in [5.41, 5.74) is 7.62. The van der Waals surface area contributed by atoms with Crippen molar-refractivity contribution in [1.29, 1.82) is 0 Å². The molecule has 1 aromatic heterocycles. The SMILES string of the molecule is Cc1nn(-c2ccccc2C(N)=NO)cc1Cl. The van der Waals surface area contributed by atoms with E-state index in [2.05, 4.69) is 10.3 Å². The molecule has 0 radical (unpaired) electrons. The Morgan fingerprint density at radius 2 is 2.18 bits per heavy atom. The molecule has 0 fully saturated rings. The average Bonchev–Trinajstić information content (AvgIpc) is 2.68. The zero-order valence-electron chi connectivity index (χ0n) is 9.13. The van der Waals surface area contributed by atoms with Crippen LogP contribution in [0.2, 0.25) is 5.02 Å². The van der Waals surface area contributed by atoms with Crippen molar-refractivity contribution in [3.05, 3.63) is 46.7 Å². The number of nitrogens with zero attached hydrogens (tertiary/aromatic N) is 3. The number of benzene rings is 1. The van der Waals surface area contributed by atoms with Crippen LogP contribution in [0.3, 0.4) is 0 Å². The standard InChI is InChI=1S/C11H11ClN4O/c1-7-9(12)6-16(14-7)10-5-3-2-4-8(10)11(13)15-17/h2-6,17H,1H3,(H2,13,15). The molecule has 0 saturated heterocycles. The lowest BCUT2D eigenvalue weighted by Gasteiger charge is -2.07. The lowest BCUT2D eigenvalue weighted by Crippen LogP contribution is -2.16. The highest BCUT2D eigenvalue weighted by Crippen LogP contribution is 2.19. The Labute approximate surface area is 103 Å². The number of amidine groups is 1. The summed E-state index contributed by atoms with van der Waals surface area (Å²) >= 11 is 5.95. The highest BCUT2D eigenvalue weighted by Gasteiger charge is 2.10. The Morgan fingerprint density at radius 1 is 1.47 bits per heavy atom. The van der Waals surface area contributed by atoms with Crippen LogP contribution in [0, 0.1) is 6.92 Å². The van der Waals surface area contributed by atoms with Crippen molar-refractivity contribution in [2.45, 2.75) is 6.92 Å². The van der Waals surface area contributed by atoms with E-state index in [0.29, 0.717) is 16.3 Å². The molecule has 2 rings (SSSR count). The summed E-state index contributed by atoms with van der Waals surface area (Å²) in [5.74, 6) is 0.0323. The molecule has 2 aromatic rings. The zero-order chi connectivity index (χ0) is 12.4. The monoisotopic (exact) mass is 250 g/mol. The summed E-state index contributed by atoms with van der Waals surface area (Å²) in [7, 11) is 0. The predicted octanol–water partition coefficient (Wildman–Crippen LogP) is 1.93. The highest BCUT2D eigenvalue weighted by atomic mass is 35.5. The van der Waals surface area contributed by atoms with Crippen LogP contribution in [-0.4, -0.2) is 20.8 Å². The van der Waals surface area contributed by atoms with Gasteiger partial charge in [-0.15, -0.1) is 0 Å². The van der Waals surface area contributed by atoms with E-state index >= 15 is 0 Å². The molecule has 3 N–H and O–H groups in total. The van der Waals surface area contributed by atoms with Gasteiger partial charge < -0.3 is 10.9 Å². The molecule has 0 saturated carbocycles. The first-order chi connectivity index (χ1) is 8.13. The minimum Gasteiger partial charge on any atom is -0.409 e. The molecule has 0 atom stereocenters. The Balaban J connectivity index is 2.59. The van der Waals surface area contributed by atoms with E-state index in [1.807, 2.05) is 19.1 Å². The summed E-state index contributed by atoms with van der Waals surface area (Å²) in [6.45, 7) is 1.81. The Bertz CT molecular complexity index is 557. The zero-order valence-corrected chi connectivity index (χ0v) is 9.89. The molecule has 0 amide bonds. The molecule has 17 heavy (non-hydrogen) atoms. The van der Waals surface area contributed by atoms with Gasteiger partial charge in [0.25, 0.3) is 0 Å². The summed E-state index contributed by atoms with van der Waals surface area (Å²) in [6.07, 6.45) is 1.68. The number of nitrogens with two attached hydrogens (primary N) is 1. The second-order valence-electron chi connectivity index (χ2n) is 3.51. The molecule has 6 heteroatoms. The first-order valence-corrected chi connectivity index (χ1v) is 5.30. The van der Waals surface area contributed by atoms with Crippen LogP contribution in [0.4, 0.5) is 0 Å². The van der Waals surface area contributed by atoms with Crippen LogP contribution in [0.1, 0.15) is 11.3 Å². The number of halogens is 1. The van der Waals surface area contributed by atoms with Gasteiger partial charge in [0.2, 0.25) is 0 Å². The second-order valence-corrected chi connectivity index (χ2v) is 3.92.